The van der Waals surface area contributed by atoms with E-state index in [1.807, 2.05) is 36.4 Å². The van der Waals surface area contributed by atoms with Gasteiger partial charge in [0.05, 0.1) is 6.04 Å². The fourth-order valence-electron chi connectivity index (χ4n) is 3.77. The minimum Gasteiger partial charge on any atom is -0.459 e. The van der Waals surface area contributed by atoms with E-state index >= 15 is 0 Å². The molecule has 4 heteroatoms. The SMILES string of the molecule is CC(C)[C@H](NC[C@@H]1CC(=O)Nc2ccccc21)c1cc2ccccc2o1. The van der Waals surface area contributed by atoms with Crippen molar-refractivity contribution in [3.8, 4) is 0 Å². The Morgan fingerprint density at radius 1 is 1.15 bits per heavy atom. The second kappa shape index (κ2) is 6.96. The average molecular weight is 348 g/mol. The van der Waals surface area contributed by atoms with Crippen LogP contribution in [0.5, 0.6) is 0 Å². The van der Waals surface area contributed by atoms with Gasteiger partial charge in [0.25, 0.3) is 0 Å². The van der Waals surface area contributed by atoms with Gasteiger partial charge in [-0.2, -0.15) is 0 Å². The highest BCUT2D eigenvalue weighted by molar-refractivity contribution is 5.94. The number of carbonyl (C=O) groups excluding carboxylic acids is 1. The number of anilines is 1. The number of hydrogen-bond donors (Lipinski definition) is 2. The van der Waals surface area contributed by atoms with Crippen molar-refractivity contribution in [2.24, 2.45) is 5.92 Å². The molecule has 0 fully saturated rings. The third-order valence-corrected chi connectivity index (χ3v) is 5.11. The zero-order chi connectivity index (χ0) is 18.1. The molecule has 134 valence electrons. The monoisotopic (exact) mass is 348 g/mol. The first kappa shape index (κ1) is 16.9. The fourth-order valence-corrected chi connectivity index (χ4v) is 3.77. The van der Waals surface area contributed by atoms with Gasteiger partial charge in [-0.3, -0.25) is 4.79 Å². The van der Waals surface area contributed by atoms with Gasteiger partial charge < -0.3 is 15.1 Å². The molecule has 0 bridgehead atoms. The van der Waals surface area contributed by atoms with Crippen LogP contribution in [0.1, 0.15) is 43.6 Å². The first-order valence-corrected chi connectivity index (χ1v) is 9.22. The van der Waals surface area contributed by atoms with Gasteiger partial charge in [0.15, 0.2) is 0 Å². The lowest BCUT2D eigenvalue weighted by molar-refractivity contribution is -0.116. The smallest absolute Gasteiger partial charge is 0.225 e. The van der Waals surface area contributed by atoms with E-state index in [1.54, 1.807) is 0 Å². The lowest BCUT2D eigenvalue weighted by Gasteiger charge is -2.28. The maximum absolute atomic E-state index is 12.0. The van der Waals surface area contributed by atoms with Gasteiger partial charge in [-0.1, -0.05) is 50.2 Å². The molecule has 0 spiro atoms. The first-order chi connectivity index (χ1) is 12.6. The summed E-state index contributed by atoms with van der Waals surface area (Å²) in [5, 5.41) is 7.74. The second-order valence-corrected chi connectivity index (χ2v) is 7.35. The van der Waals surface area contributed by atoms with Crippen molar-refractivity contribution in [1.29, 1.82) is 0 Å². The summed E-state index contributed by atoms with van der Waals surface area (Å²) >= 11 is 0. The van der Waals surface area contributed by atoms with Crippen LogP contribution in [0.2, 0.25) is 0 Å². The van der Waals surface area contributed by atoms with Crippen LogP contribution in [0.4, 0.5) is 5.69 Å². The molecular formula is C22H24N2O2. The molecule has 0 saturated carbocycles. The van der Waals surface area contributed by atoms with Crippen LogP contribution in [0, 0.1) is 5.92 Å². The van der Waals surface area contributed by atoms with Gasteiger partial charge in [0, 0.05) is 30.0 Å². The van der Waals surface area contributed by atoms with Gasteiger partial charge in [-0.15, -0.1) is 0 Å². The number of hydrogen-bond acceptors (Lipinski definition) is 3. The molecular weight excluding hydrogens is 324 g/mol. The highest BCUT2D eigenvalue weighted by Crippen LogP contribution is 2.33. The molecule has 2 heterocycles. The summed E-state index contributed by atoms with van der Waals surface area (Å²) in [5.41, 5.74) is 3.05. The van der Waals surface area contributed by atoms with Crippen molar-refractivity contribution in [3.05, 3.63) is 65.9 Å². The molecule has 2 N–H and O–H groups in total. The van der Waals surface area contributed by atoms with E-state index in [0.29, 0.717) is 12.3 Å². The lowest BCUT2D eigenvalue weighted by atomic mass is 9.89. The number of para-hydroxylation sites is 2. The van der Waals surface area contributed by atoms with Crippen molar-refractivity contribution < 1.29 is 9.21 Å². The van der Waals surface area contributed by atoms with E-state index in [1.165, 1.54) is 5.56 Å². The third kappa shape index (κ3) is 3.25. The average Bonchev–Trinajstić information content (AvgIpc) is 3.05. The van der Waals surface area contributed by atoms with Crippen molar-refractivity contribution in [3.63, 3.8) is 0 Å². The number of nitrogens with one attached hydrogen (secondary N) is 2. The van der Waals surface area contributed by atoms with Gasteiger partial charge in [0.1, 0.15) is 11.3 Å². The number of rotatable bonds is 5. The molecule has 0 unspecified atom stereocenters. The summed E-state index contributed by atoms with van der Waals surface area (Å²) in [6.07, 6.45) is 0.509. The van der Waals surface area contributed by atoms with E-state index in [4.69, 9.17) is 4.42 Å². The minimum absolute atomic E-state index is 0.0836. The molecule has 2 aromatic carbocycles. The summed E-state index contributed by atoms with van der Waals surface area (Å²) in [6.45, 7) is 5.11. The largest absolute Gasteiger partial charge is 0.459 e. The van der Waals surface area contributed by atoms with Crippen molar-refractivity contribution in [2.45, 2.75) is 32.2 Å². The number of carbonyl (C=O) groups is 1. The topological polar surface area (TPSA) is 54.3 Å². The van der Waals surface area contributed by atoms with Gasteiger partial charge in [-0.25, -0.2) is 0 Å². The number of benzene rings is 2. The van der Waals surface area contributed by atoms with Gasteiger partial charge >= 0.3 is 0 Å². The quantitative estimate of drug-likeness (QED) is 0.693. The van der Waals surface area contributed by atoms with Crippen LogP contribution in [0.3, 0.4) is 0 Å². The highest BCUT2D eigenvalue weighted by Gasteiger charge is 2.27. The van der Waals surface area contributed by atoms with E-state index in [-0.39, 0.29) is 17.9 Å². The van der Waals surface area contributed by atoms with Crippen LogP contribution in [0.25, 0.3) is 11.0 Å². The van der Waals surface area contributed by atoms with E-state index in [0.717, 1.165) is 29.0 Å². The summed E-state index contributed by atoms with van der Waals surface area (Å²) < 4.78 is 6.08. The standard InChI is InChI=1S/C22H24N2O2/c1-14(2)22(20-11-15-7-3-6-10-19(15)26-20)23-13-16-12-21(25)24-18-9-5-4-8-17(16)18/h3-11,14,16,22-23H,12-13H2,1-2H3,(H,24,25)/t16-,22-/m0/s1. The number of fused-ring (bicyclic) bond motifs is 2. The molecule has 0 aliphatic carbocycles. The predicted octanol–water partition coefficient (Wildman–Crippen LogP) is 4.85. The van der Waals surface area contributed by atoms with Gasteiger partial charge in [-0.05, 0) is 29.7 Å². The predicted molar refractivity (Wildman–Crippen MR) is 104 cm³/mol. The van der Waals surface area contributed by atoms with E-state index < -0.39 is 0 Å². The third-order valence-electron chi connectivity index (χ3n) is 5.11. The summed E-state index contributed by atoms with van der Waals surface area (Å²) in [5.74, 6) is 1.59. The Kier molecular flexibility index (Phi) is 4.51. The van der Waals surface area contributed by atoms with Crippen LogP contribution >= 0.6 is 0 Å². The van der Waals surface area contributed by atoms with Gasteiger partial charge in [0.2, 0.25) is 5.91 Å². The molecule has 26 heavy (non-hydrogen) atoms. The minimum atomic E-state index is 0.0836. The molecule has 3 aromatic rings. The molecule has 2 atom stereocenters. The number of amides is 1. The van der Waals surface area contributed by atoms with E-state index in [9.17, 15) is 4.79 Å². The molecule has 1 amide bonds. The summed E-state index contributed by atoms with van der Waals surface area (Å²) in [6, 6.07) is 18.4. The maximum Gasteiger partial charge on any atom is 0.225 e. The second-order valence-electron chi connectivity index (χ2n) is 7.35. The summed E-state index contributed by atoms with van der Waals surface area (Å²) in [7, 11) is 0. The Morgan fingerprint density at radius 3 is 2.73 bits per heavy atom. The Morgan fingerprint density at radius 2 is 1.92 bits per heavy atom. The van der Waals surface area contributed by atoms with Crippen LogP contribution in [0.15, 0.2) is 59.0 Å². The van der Waals surface area contributed by atoms with Crippen LogP contribution < -0.4 is 10.6 Å². The molecule has 1 aliphatic heterocycles. The summed E-state index contributed by atoms with van der Waals surface area (Å²) in [4.78, 5) is 12.0. The fraction of sp³-hybridized carbons (Fsp3) is 0.318. The molecule has 4 rings (SSSR count). The van der Waals surface area contributed by atoms with Crippen LogP contribution in [-0.2, 0) is 4.79 Å². The van der Waals surface area contributed by atoms with E-state index in [2.05, 4.69) is 42.7 Å². The first-order valence-electron chi connectivity index (χ1n) is 9.22. The maximum atomic E-state index is 12.0. The van der Waals surface area contributed by atoms with Crippen molar-refractivity contribution in [1.82, 2.24) is 5.32 Å². The molecule has 1 aromatic heterocycles. The van der Waals surface area contributed by atoms with Crippen molar-refractivity contribution >= 4 is 22.6 Å². The molecule has 0 saturated heterocycles. The molecule has 0 radical (unpaired) electrons. The number of furan rings is 1. The Hall–Kier alpha value is -2.59. The highest BCUT2D eigenvalue weighted by atomic mass is 16.3. The Balaban J connectivity index is 1.55. The zero-order valence-corrected chi connectivity index (χ0v) is 15.2. The normalized spacial score (nSPS) is 18.0. The Bertz CT molecular complexity index is 896. The van der Waals surface area contributed by atoms with Crippen LogP contribution in [-0.4, -0.2) is 12.5 Å². The Labute approximate surface area is 153 Å². The molecule has 1 aliphatic rings. The van der Waals surface area contributed by atoms with Crippen molar-refractivity contribution in [2.75, 3.05) is 11.9 Å². The molecule has 4 nitrogen and oxygen atoms in total. The zero-order valence-electron chi connectivity index (χ0n) is 15.2. The lowest BCUT2D eigenvalue weighted by Crippen LogP contribution is -2.33.